The second-order valence-electron chi connectivity index (χ2n) is 6.59. The fraction of sp³-hybridized carbons (Fsp3) is 0.632. The number of nitrogens with one attached hydrogen (secondary N) is 2. The Morgan fingerprint density at radius 1 is 1.30 bits per heavy atom. The number of halogens is 3. The maximum Gasteiger partial charge on any atom is 0.191 e. The maximum absolute atomic E-state index is 6.22. The average molecular weight is 529 g/mol. The summed E-state index contributed by atoms with van der Waals surface area (Å²) in [5.74, 6) is 0.877. The van der Waals surface area contributed by atoms with Gasteiger partial charge in [0.25, 0.3) is 0 Å². The topological polar surface area (TPSA) is 48.9 Å². The molecule has 27 heavy (non-hydrogen) atoms. The second-order valence-corrected chi connectivity index (χ2v) is 7.43. The number of guanidine groups is 1. The molecule has 0 aliphatic carbocycles. The largest absolute Gasteiger partial charge is 0.383 e. The molecular weight excluding hydrogens is 498 g/mol. The monoisotopic (exact) mass is 528 g/mol. The minimum absolute atomic E-state index is 0. The highest BCUT2D eigenvalue weighted by atomic mass is 127. The number of likely N-dealkylation sites (tertiary alicyclic amines) is 1. The predicted molar refractivity (Wildman–Crippen MR) is 126 cm³/mol. The van der Waals surface area contributed by atoms with Crippen molar-refractivity contribution in [1.29, 1.82) is 0 Å². The van der Waals surface area contributed by atoms with Gasteiger partial charge in [-0.2, -0.15) is 0 Å². The highest BCUT2D eigenvalue weighted by molar-refractivity contribution is 14.0. The second kappa shape index (κ2) is 13.8. The lowest BCUT2D eigenvalue weighted by Gasteiger charge is -2.32. The Morgan fingerprint density at radius 2 is 2.04 bits per heavy atom. The van der Waals surface area contributed by atoms with Crippen LogP contribution in [0, 0.1) is 0 Å². The summed E-state index contributed by atoms with van der Waals surface area (Å²) in [6.45, 7) is 4.88. The van der Waals surface area contributed by atoms with Crippen molar-refractivity contribution in [3.05, 3.63) is 33.8 Å². The zero-order valence-corrected chi connectivity index (χ0v) is 20.0. The Hall–Kier alpha value is -0.280. The van der Waals surface area contributed by atoms with E-state index in [1.54, 1.807) is 13.2 Å². The van der Waals surface area contributed by atoms with Crippen molar-refractivity contribution in [3.63, 3.8) is 0 Å². The molecule has 0 bridgehead atoms. The van der Waals surface area contributed by atoms with Crippen LogP contribution in [0.1, 0.15) is 24.8 Å². The van der Waals surface area contributed by atoms with Gasteiger partial charge in [-0.1, -0.05) is 29.3 Å². The summed E-state index contributed by atoms with van der Waals surface area (Å²) in [7, 11) is 3.57. The molecule has 1 aliphatic heterocycles. The van der Waals surface area contributed by atoms with Crippen LogP contribution in [0.25, 0.3) is 0 Å². The van der Waals surface area contributed by atoms with Crippen molar-refractivity contribution in [2.45, 2.75) is 31.7 Å². The van der Waals surface area contributed by atoms with Gasteiger partial charge >= 0.3 is 0 Å². The zero-order valence-electron chi connectivity index (χ0n) is 16.1. The lowest BCUT2D eigenvalue weighted by Crippen LogP contribution is -2.49. The molecule has 0 radical (unpaired) electrons. The molecule has 1 fully saturated rings. The van der Waals surface area contributed by atoms with E-state index in [1.807, 2.05) is 19.2 Å². The molecule has 8 heteroatoms. The molecule has 0 aromatic heterocycles. The number of hydrogen-bond acceptors (Lipinski definition) is 3. The lowest BCUT2D eigenvalue weighted by atomic mass is 10.1. The van der Waals surface area contributed by atoms with Crippen LogP contribution in [-0.2, 0) is 11.2 Å². The van der Waals surface area contributed by atoms with Gasteiger partial charge < -0.3 is 20.3 Å². The first-order chi connectivity index (χ1) is 12.6. The number of piperidine rings is 1. The SMILES string of the molecule is CN=C(NCCCc1ccc(Cl)cc1Cl)NC1CCN(CCOC)CC1.I. The van der Waals surface area contributed by atoms with Gasteiger partial charge in [-0.25, -0.2) is 0 Å². The first kappa shape index (κ1) is 24.8. The standard InChI is InChI=1S/C19H30Cl2N4O.HI/c1-22-19(24-17-7-10-25(11-8-17)12-13-26-2)23-9-3-4-15-5-6-16(20)14-18(15)21;/h5-6,14,17H,3-4,7-13H2,1-2H3,(H2,22,23,24);1H. The first-order valence-corrected chi connectivity index (χ1v) is 10.0. The first-order valence-electron chi connectivity index (χ1n) is 9.24. The molecule has 0 unspecified atom stereocenters. The van der Waals surface area contributed by atoms with Gasteiger partial charge in [0.15, 0.2) is 5.96 Å². The minimum atomic E-state index is 0. The maximum atomic E-state index is 6.22. The van der Waals surface area contributed by atoms with E-state index in [9.17, 15) is 0 Å². The third-order valence-electron chi connectivity index (χ3n) is 4.69. The molecule has 1 aromatic rings. The molecule has 1 aliphatic rings. The number of methoxy groups -OCH3 is 1. The van der Waals surface area contributed by atoms with Gasteiger partial charge in [0.2, 0.25) is 0 Å². The molecule has 0 atom stereocenters. The number of benzene rings is 1. The Labute approximate surface area is 190 Å². The van der Waals surface area contributed by atoms with Crippen LogP contribution < -0.4 is 10.6 Å². The number of aliphatic imine (C=N–C) groups is 1. The Bertz CT molecular complexity index is 581. The van der Waals surface area contributed by atoms with E-state index < -0.39 is 0 Å². The normalized spacial score (nSPS) is 16.1. The molecule has 2 rings (SSSR count). The van der Waals surface area contributed by atoms with Crippen molar-refractivity contribution in [2.24, 2.45) is 4.99 Å². The number of hydrogen-bond donors (Lipinski definition) is 2. The summed E-state index contributed by atoms with van der Waals surface area (Å²) >= 11 is 12.2. The van der Waals surface area contributed by atoms with E-state index in [1.165, 1.54) is 0 Å². The van der Waals surface area contributed by atoms with E-state index in [0.717, 1.165) is 75.0 Å². The highest BCUT2D eigenvalue weighted by Gasteiger charge is 2.19. The molecule has 0 saturated carbocycles. The van der Waals surface area contributed by atoms with E-state index in [2.05, 4.69) is 20.5 Å². The van der Waals surface area contributed by atoms with Crippen LogP contribution in [0.2, 0.25) is 10.0 Å². The highest BCUT2D eigenvalue weighted by Crippen LogP contribution is 2.21. The van der Waals surface area contributed by atoms with Gasteiger partial charge in [0.05, 0.1) is 6.61 Å². The summed E-state index contributed by atoms with van der Waals surface area (Å²) in [6, 6.07) is 6.15. The molecular formula is C19H31Cl2IN4O. The van der Waals surface area contributed by atoms with Gasteiger partial charge in [-0.3, -0.25) is 4.99 Å². The van der Waals surface area contributed by atoms with Crippen molar-refractivity contribution in [1.82, 2.24) is 15.5 Å². The average Bonchev–Trinajstić information content (AvgIpc) is 2.65. The van der Waals surface area contributed by atoms with E-state index in [-0.39, 0.29) is 24.0 Å². The van der Waals surface area contributed by atoms with Crippen molar-refractivity contribution in [3.8, 4) is 0 Å². The fourth-order valence-corrected chi connectivity index (χ4v) is 3.62. The van der Waals surface area contributed by atoms with Crippen LogP contribution in [0.3, 0.4) is 0 Å². The molecule has 0 amide bonds. The molecule has 1 aromatic carbocycles. The third-order valence-corrected chi connectivity index (χ3v) is 5.28. The van der Waals surface area contributed by atoms with Crippen molar-refractivity contribution in [2.75, 3.05) is 46.9 Å². The number of rotatable bonds is 8. The number of aryl methyl sites for hydroxylation is 1. The Balaban J connectivity index is 0.00000364. The zero-order chi connectivity index (χ0) is 18.8. The predicted octanol–water partition coefficient (Wildman–Crippen LogP) is 3.82. The fourth-order valence-electron chi connectivity index (χ4n) is 3.12. The smallest absolute Gasteiger partial charge is 0.191 e. The number of ether oxygens (including phenoxy) is 1. The Morgan fingerprint density at radius 3 is 2.67 bits per heavy atom. The minimum Gasteiger partial charge on any atom is -0.383 e. The van der Waals surface area contributed by atoms with Gasteiger partial charge in [-0.15, -0.1) is 24.0 Å². The quantitative estimate of drug-likeness (QED) is 0.233. The molecule has 2 N–H and O–H groups in total. The molecule has 1 heterocycles. The van der Waals surface area contributed by atoms with Crippen LogP contribution in [0.15, 0.2) is 23.2 Å². The van der Waals surface area contributed by atoms with Crippen LogP contribution >= 0.6 is 47.2 Å². The molecule has 154 valence electrons. The summed E-state index contributed by atoms with van der Waals surface area (Å²) in [6.07, 6.45) is 4.16. The van der Waals surface area contributed by atoms with Gasteiger partial charge in [-0.05, 0) is 43.4 Å². The van der Waals surface area contributed by atoms with E-state index in [0.29, 0.717) is 11.1 Å². The van der Waals surface area contributed by atoms with Gasteiger partial charge in [0, 0.05) is 56.4 Å². The summed E-state index contributed by atoms with van der Waals surface area (Å²) in [4.78, 5) is 6.79. The summed E-state index contributed by atoms with van der Waals surface area (Å²) in [5, 5.41) is 8.35. The van der Waals surface area contributed by atoms with E-state index in [4.69, 9.17) is 27.9 Å². The Kier molecular flexibility index (Phi) is 12.7. The number of nitrogens with zero attached hydrogens (tertiary/aromatic N) is 2. The van der Waals surface area contributed by atoms with Crippen LogP contribution in [0.5, 0.6) is 0 Å². The summed E-state index contributed by atoms with van der Waals surface area (Å²) in [5.41, 5.74) is 1.13. The summed E-state index contributed by atoms with van der Waals surface area (Å²) < 4.78 is 5.15. The van der Waals surface area contributed by atoms with Gasteiger partial charge in [0.1, 0.15) is 0 Å². The van der Waals surface area contributed by atoms with E-state index >= 15 is 0 Å². The third kappa shape index (κ3) is 9.17. The van der Waals surface area contributed by atoms with Crippen molar-refractivity contribution < 1.29 is 4.74 Å². The molecule has 0 spiro atoms. The van der Waals surface area contributed by atoms with Crippen LogP contribution in [-0.4, -0.2) is 63.8 Å². The van der Waals surface area contributed by atoms with Crippen LogP contribution in [0.4, 0.5) is 0 Å². The lowest BCUT2D eigenvalue weighted by molar-refractivity contribution is 0.128. The van der Waals surface area contributed by atoms with Crippen molar-refractivity contribution >= 4 is 53.1 Å². The molecule has 5 nitrogen and oxygen atoms in total. The molecule has 1 saturated heterocycles.